The Bertz CT molecular complexity index is 534. The molecule has 0 aliphatic carbocycles. The lowest BCUT2D eigenvalue weighted by atomic mass is 9.80. The third-order valence-electron chi connectivity index (χ3n) is 3.15. The normalized spacial score (nSPS) is 13.1. The van der Waals surface area contributed by atoms with Crippen molar-refractivity contribution >= 4 is 5.78 Å². The zero-order chi connectivity index (χ0) is 17.3. The fourth-order valence-electron chi connectivity index (χ4n) is 2.31. The molecule has 124 valence electrons. The molecule has 0 aliphatic rings. The molecular formula is C20H32O2. The molecule has 0 radical (unpaired) electrons. The molecule has 0 bridgehead atoms. The minimum atomic E-state index is -0.396. The molecular weight excluding hydrogens is 272 g/mol. The van der Waals surface area contributed by atoms with Crippen LogP contribution in [0, 0.1) is 10.8 Å². The van der Waals surface area contributed by atoms with E-state index in [-0.39, 0.29) is 16.8 Å². The van der Waals surface area contributed by atoms with E-state index in [9.17, 15) is 4.79 Å². The Morgan fingerprint density at radius 2 is 1.50 bits per heavy atom. The Balaban J connectivity index is 3.31. The van der Waals surface area contributed by atoms with Gasteiger partial charge in [-0.25, -0.2) is 0 Å². The first kappa shape index (κ1) is 18.7. The number of hydrogen-bond donors (Lipinski definition) is 0. The maximum absolute atomic E-state index is 12.8. The number of rotatable bonds is 3. The first-order valence-corrected chi connectivity index (χ1v) is 8.06. The maximum atomic E-state index is 12.8. The second-order valence-electron chi connectivity index (χ2n) is 9.35. The van der Waals surface area contributed by atoms with E-state index >= 15 is 0 Å². The van der Waals surface area contributed by atoms with Gasteiger partial charge in [0.25, 0.3) is 0 Å². The van der Waals surface area contributed by atoms with E-state index in [2.05, 4.69) is 20.8 Å². The lowest BCUT2D eigenvalue weighted by Gasteiger charge is -2.26. The summed E-state index contributed by atoms with van der Waals surface area (Å²) in [5, 5.41) is 0. The molecule has 1 rings (SSSR count). The number of benzene rings is 1. The number of carbonyl (C=O) groups is 1. The van der Waals surface area contributed by atoms with Gasteiger partial charge in [0.2, 0.25) is 0 Å². The van der Waals surface area contributed by atoms with E-state index in [0.29, 0.717) is 0 Å². The molecule has 0 aliphatic heterocycles. The molecule has 22 heavy (non-hydrogen) atoms. The van der Waals surface area contributed by atoms with Gasteiger partial charge >= 0.3 is 0 Å². The van der Waals surface area contributed by atoms with Crippen LogP contribution >= 0.6 is 0 Å². The fourth-order valence-corrected chi connectivity index (χ4v) is 2.31. The number of Topliss-reactive ketones (excluding diaryl/α,β-unsaturated/α-hetero) is 1. The molecule has 1 aromatic carbocycles. The molecule has 0 aromatic heterocycles. The van der Waals surface area contributed by atoms with Gasteiger partial charge in [-0.15, -0.1) is 0 Å². The van der Waals surface area contributed by atoms with Gasteiger partial charge in [-0.3, -0.25) is 4.79 Å². The van der Waals surface area contributed by atoms with E-state index in [1.807, 2.05) is 59.7 Å². The Labute approximate surface area is 136 Å². The molecule has 2 nitrogen and oxygen atoms in total. The average Bonchev–Trinajstić information content (AvgIpc) is 2.25. The molecule has 0 spiro atoms. The van der Waals surface area contributed by atoms with Gasteiger partial charge in [-0.05, 0) is 50.3 Å². The topological polar surface area (TPSA) is 26.3 Å². The molecule has 0 amide bonds. The summed E-state index contributed by atoms with van der Waals surface area (Å²) in [4.78, 5) is 12.8. The van der Waals surface area contributed by atoms with Crippen molar-refractivity contribution in [1.29, 1.82) is 0 Å². The highest BCUT2D eigenvalue weighted by molar-refractivity contribution is 6.01. The second-order valence-corrected chi connectivity index (χ2v) is 9.35. The van der Waals surface area contributed by atoms with Crippen molar-refractivity contribution in [3.8, 4) is 5.75 Å². The highest BCUT2D eigenvalue weighted by Crippen LogP contribution is 2.31. The van der Waals surface area contributed by atoms with Gasteiger partial charge in [0.1, 0.15) is 11.4 Å². The minimum absolute atomic E-state index is 0.138. The highest BCUT2D eigenvalue weighted by Gasteiger charge is 2.27. The summed E-state index contributed by atoms with van der Waals surface area (Å²) in [5.74, 6) is 0.934. The van der Waals surface area contributed by atoms with Gasteiger partial charge in [0.05, 0.1) is 0 Å². The largest absolute Gasteiger partial charge is 0.488 e. The molecule has 0 atom stereocenters. The van der Waals surface area contributed by atoms with Crippen LogP contribution in [0.3, 0.4) is 0 Å². The fraction of sp³-hybridized carbons (Fsp3) is 0.650. The Kier molecular flexibility index (Phi) is 5.16. The summed E-state index contributed by atoms with van der Waals surface area (Å²) in [6, 6.07) is 5.94. The van der Waals surface area contributed by atoms with Crippen molar-refractivity contribution in [3.63, 3.8) is 0 Å². The molecule has 0 heterocycles. The lowest BCUT2D eigenvalue weighted by Crippen LogP contribution is -2.25. The predicted octanol–water partition coefficient (Wildman–Crippen LogP) is 5.68. The predicted molar refractivity (Wildman–Crippen MR) is 93.8 cm³/mol. The summed E-state index contributed by atoms with van der Waals surface area (Å²) < 4.78 is 5.94. The quantitative estimate of drug-likeness (QED) is 0.671. The van der Waals surface area contributed by atoms with Crippen LogP contribution in [0.2, 0.25) is 0 Å². The summed E-state index contributed by atoms with van der Waals surface area (Å²) >= 11 is 0. The third-order valence-corrected chi connectivity index (χ3v) is 3.15. The van der Waals surface area contributed by atoms with Gasteiger partial charge in [0, 0.05) is 11.0 Å². The molecule has 0 N–H and O–H groups in total. The van der Waals surface area contributed by atoms with E-state index in [4.69, 9.17) is 4.74 Å². The van der Waals surface area contributed by atoms with Crippen molar-refractivity contribution < 1.29 is 9.53 Å². The van der Waals surface area contributed by atoms with Crippen molar-refractivity contribution in [2.45, 2.75) is 74.3 Å². The lowest BCUT2D eigenvalue weighted by molar-refractivity contribution is 0.0854. The molecule has 1 aromatic rings. The standard InChI is InChI=1S/C20H32O2/c1-18(2,3)13-14-10-11-15(22-20(7,8)9)12-16(14)17(21)19(4,5)6/h10-12H,13H2,1-9H3. The second kappa shape index (κ2) is 6.06. The molecule has 0 saturated heterocycles. The number of ketones is 1. The SMILES string of the molecule is CC(C)(C)Cc1ccc(OC(C)(C)C)cc1C(=O)C(C)(C)C. The first-order valence-electron chi connectivity index (χ1n) is 8.06. The zero-order valence-corrected chi connectivity index (χ0v) is 15.8. The van der Waals surface area contributed by atoms with Gasteiger partial charge in [-0.1, -0.05) is 47.6 Å². The van der Waals surface area contributed by atoms with Crippen LogP contribution in [-0.4, -0.2) is 11.4 Å². The van der Waals surface area contributed by atoms with Crippen molar-refractivity contribution in [2.24, 2.45) is 10.8 Å². The maximum Gasteiger partial charge on any atom is 0.168 e. The zero-order valence-electron chi connectivity index (χ0n) is 15.8. The molecule has 0 unspecified atom stereocenters. The molecule has 0 fully saturated rings. The Morgan fingerprint density at radius 3 is 1.91 bits per heavy atom. The first-order chi connectivity index (χ1) is 9.69. The van der Waals surface area contributed by atoms with Gasteiger partial charge in [-0.2, -0.15) is 0 Å². The minimum Gasteiger partial charge on any atom is -0.488 e. The van der Waals surface area contributed by atoms with Gasteiger partial charge < -0.3 is 4.74 Å². The van der Waals surface area contributed by atoms with Crippen LogP contribution < -0.4 is 4.74 Å². The number of hydrogen-bond acceptors (Lipinski definition) is 2. The summed E-state index contributed by atoms with van der Waals surface area (Å²) in [7, 11) is 0. The Morgan fingerprint density at radius 1 is 0.955 bits per heavy atom. The van der Waals surface area contributed by atoms with E-state index in [1.165, 1.54) is 0 Å². The average molecular weight is 304 g/mol. The summed E-state index contributed by atoms with van der Waals surface area (Å²) in [6.45, 7) is 18.5. The van der Waals surface area contributed by atoms with E-state index < -0.39 is 5.41 Å². The number of carbonyl (C=O) groups excluding carboxylic acids is 1. The van der Waals surface area contributed by atoms with Crippen LogP contribution in [0.1, 0.15) is 78.2 Å². The van der Waals surface area contributed by atoms with E-state index in [0.717, 1.165) is 23.3 Å². The van der Waals surface area contributed by atoms with Crippen molar-refractivity contribution in [3.05, 3.63) is 29.3 Å². The summed E-state index contributed by atoms with van der Waals surface area (Å²) in [5.41, 5.74) is 1.37. The molecule has 0 saturated carbocycles. The smallest absolute Gasteiger partial charge is 0.168 e. The highest BCUT2D eigenvalue weighted by atomic mass is 16.5. The Hall–Kier alpha value is -1.31. The van der Waals surface area contributed by atoms with Crippen LogP contribution in [0.5, 0.6) is 5.75 Å². The van der Waals surface area contributed by atoms with Crippen molar-refractivity contribution in [2.75, 3.05) is 0 Å². The van der Waals surface area contributed by atoms with Crippen LogP contribution in [0.4, 0.5) is 0 Å². The number of ether oxygens (including phenoxy) is 1. The third kappa shape index (κ3) is 5.82. The summed E-state index contributed by atoms with van der Waals surface area (Å²) in [6.07, 6.45) is 0.875. The van der Waals surface area contributed by atoms with Crippen LogP contribution in [-0.2, 0) is 6.42 Å². The van der Waals surface area contributed by atoms with Crippen LogP contribution in [0.25, 0.3) is 0 Å². The van der Waals surface area contributed by atoms with Crippen LogP contribution in [0.15, 0.2) is 18.2 Å². The van der Waals surface area contributed by atoms with Gasteiger partial charge in [0.15, 0.2) is 5.78 Å². The van der Waals surface area contributed by atoms with Crippen molar-refractivity contribution in [1.82, 2.24) is 0 Å². The monoisotopic (exact) mass is 304 g/mol. The molecule has 2 heteroatoms. The van der Waals surface area contributed by atoms with E-state index in [1.54, 1.807) is 0 Å².